The minimum Gasteiger partial charge on any atom is -0.456 e. The SMILES string of the molecule is CCC[C@H](NC(=O)COC(=O)CCc1nc2ccccc2c(=O)[nH]1)c1ccccc1. The maximum Gasteiger partial charge on any atom is 0.306 e. The first kappa shape index (κ1) is 21.2. The van der Waals surface area contributed by atoms with Crippen LogP contribution in [0.5, 0.6) is 0 Å². The van der Waals surface area contributed by atoms with Crippen LogP contribution in [-0.4, -0.2) is 28.5 Å². The van der Waals surface area contributed by atoms with Crippen LogP contribution in [0, 0.1) is 0 Å². The Kier molecular flexibility index (Phi) is 7.32. The van der Waals surface area contributed by atoms with Gasteiger partial charge in [0.05, 0.1) is 23.4 Å². The fraction of sp³-hybridized carbons (Fsp3) is 0.304. The summed E-state index contributed by atoms with van der Waals surface area (Å²) in [6.07, 6.45) is 1.95. The third-order valence-electron chi connectivity index (χ3n) is 4.71. The molecule has 0 radical (unpaired) electrons. The quantitative estimate of drug-likeness (QED) is 0.531. The van der Waals surface area contributed by atoms with Crippen LogP contribution in [-0.2, 0) is 20.7 Å². The van der Waals surface area contributed by atoms with E-state index in [1.165, 1.54) is 0 Å². The van der Waals surface area contributed by atoms with Crippen LogP contribution in [0.15, 0.2) is 59.4 Å². The van der Waals surface area contributed by atoms with Gasteiger partial charge in [-0.25, -0.2) is 4.98 Å². The number of H-pyrrole nitrogens is 1. The number of amides is 1. The van der Waals surface area contributed by atoms with Gasteiger partial charge in [0.15, 0.2) is 6.61 Å². The summed E-state index contributed by atoms with van der Waals surface area (Å²) in [5.41, 5.74) is 1.35. The first-order chi connectivity index (χ1) is 14.6. The Morgan fingerprint density at radius 1 is 1.10 bits per heavy atom. The highest BCUT2D eigenvalue weighted by Crippen LogP contribution is 2.17. The van der Waals surface area contributed by atoms with E-state index in [-0.39, 0.29) is 37.0 Å². The molecule has 3 rings (SSSR count). The van der Waals surface area contributed by atoms with Crippen molar-refractivity contribution < 1.29 is 14.3 Å². The number of hydrogen-bond acceptors (Lipinski definition) is 5. The lowest BCUT2D eigenvalue weighted by molar-refractivity contribution is -0.148. The molecule has 0 aliphatic carbocycles. The highest BCUT2D eigenvalue weighted by molar-refractivity contribution is 5.81. The van der Waals surface area contributed by atoms with Crippen LogP contribution in [0.3, 0.4) is 0 Å². The summed E-state index contributed by atoms with van der Waals surface area (Å²) in [4.78, 5) is 43.3. The van der Waals surface area contributed by atoms with Crippen molar-refractivity contribution in [2.45, 2.75) is 38.6 Å². The molecule has 2 aromatic carbocycles. The number of esters is 1. The predicted octanol–water partition coefficient (Wildman–Crippen LogP) is 3.06. The van der Waals surface area contributed by atoms with Crippen molar-refractivity contribution in [2.75, 3.05) is 6.61 Å². The van der Waals surface area contributed by atoms with Gasteiger partial charge in [-0.1, -0.05) is 55.8 Å². The van der Waals surface area contributed by atoms with E-state index in [0.717, 1.165) is 18.4 Å². The van der Waals surface area contributed by atoms with E-state index in [1.807, 2.05) is 37.3 Å². The molecule has 7 nitrogen and oxygen atoms in total. The van der Waals surface area contributed by atoms with Gasteiger partial charge in [0.2, 0.25) is 0 Å². The molecule has 0 unspecified atom stereocenters. The molecule has 156 valence electrons. The fourth-order valence-corrected chi connectivity index (χ4v) is 3.22. The molecule has 0 bridgehead atoms. The second kappa shape index (κ2) is 10.3. The van der Waals surface area contributed by atoms with Crippen LogP contribution >= 0.6 is 0 Å². The van der Waals surface area contributed by atoms with Gasteiger partial charge in [-0.05, 0) is 24.1 Å². The number of rotatable bonds is 9. The number of carbonyl (C=O) groups is 2. The number of ether oxygens (including phenoxy) is 1. The molecule has 0 spiro atoms. The minimum atomic E-state index is -0.521. The maximum absolute atomic E-state index is 12.2. The zero-order valence-electron chi connectivity index (χ0n) is 16.9. The molecule has 1 heterocycles. The third kappa shape index (κ3) is 5.76. The van der Waals surface area contributed by atoms with E-state index in [2.05, 4.69) is 15.3 Å². The van der Waals surface area contributed by atoms with Gasteiger partial charge in [0.25, 0.3) is 11.5 Å². The molecule has 0 saturated carbocycles. The average molecular weight is 407 g/mol. The summed E-state index contributed by atoms with van der Waals surface area (Å²) in [6, 6.07) is 16.6. The number of fused-ring (bicyclic) bond motifs is 1. The number of nitrogens with zero attached hydrogens (tertiary/aromatic N) is 1. The van der Waals surface area contributed by atoms with Crippen molar-refractivity contribution in [3.8, 4) is 0 Å². The molecule has 1 amide bonds. The van der Waals surface area contributed by atoms with Crippen LogP contribution in [0.25, 0.3) is 10.9 Å². The van der Waals surface area contributed by atoms with Gasteiger partial charge in [-0.2, -0.15) is 0 Å². The van der Waals surface area contributed by atoms with Gasteiger partial charge >= 0.3 is 5.97 Å². The smallest absolute Gasteiger partial charge is 0.306 e. The summed E-state index contributed by atoms with van der Waals surface area (Å²) in [7, 11) is 0. The number of hydrogen-bond donors (Lipinski definition) is 2. The highest BCUT2D eigenvalue weighted by atomic mass is 16.5. The van der Waals surface area contributed by atoms with Gasteiger partial charge in [-0.3, -0.25) is 14.4 Å². The van der Waals surface area contributed by atoms with Crippen LogP contribution in [0.1, 0.15) is 43.6 Å². The number of aryl methyl sites for hydroxylation is 1. The Balaban J connectivity index is 1.49. The molecule has 0 aliphatic rings. The molecule has 3 aromatic rings. The minimum absolute atomic E-state index is 0.0195. The van der Waals surface area contributed by atoms with Crippen LogP contribution in [0.4, 0.5) is 0 Å². The van der Waals surface area contributed by atoms with Crippen molar-refractivity contribution >= 4 is 22.8 Å². The standard InChI is InChI=1S/C23H25N3O4/c1-2-8-18(16-9-4-3-5-10-16)25-21(27)15-30-22(28)14-13-20-24-19-12-7-6-11-17(19)23(29)26-20/h3-7,9-12,18H,2,8,13-15H2,1H3,(H,25,27)(H,24,26,29)/t18-/m0/s1. The van der Waals surface area contributed by atoms with E-state index in [1.54, 1.807) is 24.3 Å². The van der Waals surface area contributed by atoms with Crippen molar-refractivity contribution in [1.29, 1.82) is 0 Å². The Bertz CT molecular complexity index is 1060. The molecule has 1 atom stereocenters. The Morgan fingerprint density at radius 3 is 2.60 bits per heavy atom. The first-order valence-electron chi connectivity index (χ1n) is 10.0. The first-order valence-corrected chi connectivity index (χ1v) is 10.0. The van der Waals surface area contributed by atoms with Gasteiger partial charge in [0, 0.05) is 6.42 Å². The Labute approximate surface area is 174 Å². The van der Waals surface area contributed by atoms with Crippen molar-refractivity contribution in [3.63, 3.8) is 0 Å². The molecule has 1 aromatic heterocycles. The van der Waals surface area contributed by atoms with E-state index in [4.69, 9.17) is 4.74 Å². The van der Waals surface area contributed by atoms with Crippen molar-refractivity contribution in [3.05, 3.63) is 76.3 Å². The lowest BCUT2D eigenvalue weighted by Gasteiger charge is -2.18. The van der Waals surface area contributed by atoms with E-state index < -0.39 is 5.97 Å². The molecule has 0 saturated heterocycles. The second-order valence-corrected chi connectivity index (χ2v) is 7.01. The fourth-order valence-electron chi connectivity index (χ4n) is 3.22. The van der Waals surface area contributed by atoms with Crippen LogP contribution in [0.2, 0.25) is 0 Å². The van der Waals surface area contributed by atoms with E-state index in [0.29, 0.717) is 16.7 Å². The van der Waals surface area contributed by atoms with E-state index in [9.17, 15) is 14.4 Å². The summed E-state index contributed by atoms with van der Waals surface area (Å²) < 4.78 is 5.09. The molecular weight excluding hydrogens is 382 g/mol. The van der Waals surface area contributed by atoms with E-state index >= 15 is 0 Å². The summed E-state index contributed by atoms with van der Waals surface area (Å²) in [5, 5.41) is 3.42. The molecule has 7 heteroatoms. The zero-order valence-corrected chi connectivity index (χ0v) is 16.9. The Hall–Kier alpha value is -3.48. The van der Waals surface area contributed by atoms with Crippen LogP contribution < -0.4 is 10.9 Å². The number of carbonyl (C=O) groups excluding carboxylic acids is 2. The predicted molar refractivity (Wildman–Crippen MR) is 114 cm³/mol. The van der Waals surface area contributed by atoms with Crippen molar-refractivity contribution in [1.82, 2.24) is 15.3 Å². The molecule has 0 aliphatic heterocycles. The molecule has 0 fully saturated rings. The number of benzene rings is 2. The maximum atomic E-state index is 12.2. The molecule has 30 heavy (non-hydrogen) atoms. The largest absolute Gasteiger partial charge is 0.456 e. The van der Waals surface area contributed by atoms with Gasteiger partial charge in [-0.15, -0.1) is 0 Å². The monoisotopic (exact) mass is 407 g/mol. The molecule has 2 N–H and O–H groups in total. The zero-order chi connectivity index (χ0) is 21.3. The molecular formula is C23H25N3O4. The number of nitrogens with one attached hydrogen (secondary N) is 2. The van der Waals surface area contributed by atoms with Gasteiger partial charge in [0.1, 0.15) is 5.82 Å². The number of aromatic amines is 1. The summed E-state index contributed by atoms with van der Waals surface area (Å²) in [6.45, 7) is 1.71. The third-order valence-corrected chi connectivity index (χ3v) is 4.71. The van der Waals surface area contributed by atoms with Crippen molar-refractivity contribution in [2.24, 2.45) is 0 Å². The average Bonchev–Trinajstić information content (AvgIpc) is 2.76. The Morgan fingerprint density at radius 2 is 1.83 bits per heavy atom. The number of aromatic nitrogens is 2. The normalized spacial score (nSPS) is 11.8. The lowest BCUT2D eigenvalue weighted by atomic mass is 10.0. The lowest BCUT2D eigenvalue weighted by Crippen LogP contribution is -2.32. The highest BCUT2D eigenvalue weighted by Gasteiger charge is 2.15. The van der Waals surface area contributed by atoms with Gasteiger partial charge < -0.3 is 15.0 Å². The number of para-hydroxylation sites is 1. The summed E-state index contributed by atoms with van der Waals surface area (Å²) >= 11 is 0. The summed E-state index contributed by atoms with van der Waals surface area (Å²) in [5.74, 6) is -0.456. The second-order valence-electron chi connectivity index (χ2n) is 7.01. The topological polar surface area (TPSA) is 101 Å².